The minimum Gasteiger partial charge on any atom is -0.369 e. The Kier molecular flexibility index (Phi) is 12.0. The van der Waals surface area contributed by atoms with Crippen LogP contribution < -0.4 is 31.1 Å². The molecule has 8 rings (SSSR count). The van der Waals surface area contributed by atoms with E-state index in [1.54, 1.807) is 12.4 Å². The third-order valence-corrected chi connectivity index (χ3v) is 11.6. The lowest BCUT2D eigenvalue weighted by Crippen LogP contribution is -2.44. The van der Waals surface area contributed by atoms with Gasteiger partial charge in [-0.05, 0) is 103 Å². The first-order valence-electron chi connectivity index (χ1n) is 18.4. The molecular weight excluding hydrogens is 808 g/mol. The van der Waals surface area contributed by atoms with E-state index in [4.69, 9.17) is 0 Å². The van der Waals surface area contributed by atoms with Crippen molar-refractivity contribution in [2.24, 2.45) is 0 Å². The number of amides is 2. The summed E-state index contributed by atoms with van der Waals surface area (Å²) in [6.45, 7) is 9.71. The van der Waals surface area contributed by atoms with Crippen LogP contribution in [-0.2, 0) is 22.7 Å². The summed E-state index contributed by atoms with van der Waals surface area (Å²) < 4.78 is 1.99. The Morgan fingerprint density at radius 2 is 1.09 bits per heavy atom. The van der Waals surface area contributed by atoms with Gasteiger partial charge in [-0.15, -0.1) is 0 Å². The van der Waals surface area contributed by atoms with Crippen LogP contribution in [-0.4, -0.2) is 88.1 Å². The maximum absolute atomic E-state index is 12.3. The fourth-order valence-corrected chi connectivity index (χ4v) is 7.85. The van der Waals surface area contributed by atoms with Gasteiger partial charge in [-0.25, -0.2) is 0 Å². The normalized spacial score (nSPS) is 19.0. The Bertz CT molecular complexity index is 1950. The van der Waals surface area contributed by atoms with Gasteiger partial charge in [-0.2, -0.15) is 0 Å². The summed E-state index contributed by atoms with van der Waals surface area (Å²) in [6, 6.07) is 28.8. The van der Waals surface area contributed by atoms with E-state index in [1.807, 2.05) is 36.4 Å². The Morgan fingerprint density at radius 1 is 0.593 bits per heavy atom. The SMILES string of the molecule is CN1CCN(c2ccc(N/C=C3\C(=O)NCc4c(Br)cccc43)cc2)CC1.CN1CCN(c2ccc(N/C=C3\C(=O)NCc4ccc(Br)cc43)cc2)CC1. The number of carbonyl (C=O) groups excluding carboxylic acids is 2. The van der Waals surface area contributed by atoms with Crippen LogP contribution in [0.1, 0.15) is 22.3 Å². The number of anilines is 4. The number of fused-ring (bicyclic) bond motifs is 2. The molecule has 280 valence electrons. The smallest absolute Gasteiger partial charge is 0.253 e. The van der Waals surface area contributed by atoms with E-state index in [-0.39, 0.29) is 11.8 Å². The second-order valence-corrected chi connectivity index (χ2v) is 15.8. The standard InChI is InChI=1S/2C21H23BrN4O/c1-25-8-10-26(11-9-25)18-6-4-17(5-7-18)23-14-20-19-12-16(22)3-2-15(19)13-24-21(20)27;1-25-9-11-26(12-10-25)16-7-5-15(6-8-16)23-14-19-17-3-2-4-20(22)18(17)13-24-21(19)27/h2-7,12,14,23H,8-11,13H2,1H3,(H,24,27);2-8,14,23H,9-13H2,1H3,(H,24,27)/b20-14-;19-14-. The molecule has 2 amide bonds. The van der Waals surface area contributed by atoms with E-state index in [0.29, 0.717) is 24.2 Å². The molecule has 4 aromatic rings. The molecule has 2 saturated heterocycles. The van der Waals surface area contributed by atoms with E-state index in [1.165, 1.54) is 11.4 Å². The highest BCUT2D eigenvalue weighted by atomic mass is 79.9. The minimum absolute atomic E-state index is 0.0536. The summed E-state index contributed by atoms with van der Waals surface area (Å²) in [5, 5.41) is 12.4. The zero-order valence-electron chi connectivity index (χ0n) is 30.7. The predicted molar refractivity (Wildman–Crippen MR) is 227 cm³/mol. The Balaban J connectivity index is 0.000000167. The van der Waals surface area contributed by atoms with E-state index in [2.05, 4.69) is 135 Å². The Morgan fingerprint density at radius 3 is 1.63 bits per heavy atom. The molecule has 0 aliphatic carbocycles. The maximum Gasteiger partial charge on any atom is 0.253 e. The first-order valence-corrected chi connectivity index (χ1v) is 19.9. The van der Waals surface area contributed by atoms with Crippen LogP contribution in [0.5, 0.6) is 0 Å². The first kappa shape index (κ1) is 37.7. The van der Waals surface area contributed by atoms with E-state index in [0.717, 1.165) is 94.9 Å². The third-order valence-electron chi connectivity index (χ3n) is 10.4. The van der Waals surface area contributed by atoms with Gasteiger partial charge in [-0.3, -0.25) is 9.59 Å². The third kappa shape index (κ3) is 9.01. The van der Waals surface area contributed by atoms with Crippen molar-refractivity contribution in [1.82, 2.24) is 20.4 Å². The molecule has 4 N–H and O–H groups in total. The quantitative estimate of drug-likeness (QED) is 0.162. The molecule has 0 unspecified atom stereocenters. The molecule has 0 saturated carbocycles. The number of benzene rings is 4. The molecule has 54 heavy (non-hydrogen) atoms. The number of nitrogens with one attached hydrogen (secondary N) is 4. The number of hydrogen-bond donors (Lipinski definition) is 4. The van der Waals surface area contributed by atoms with Gasteiger partial charge in [-0.1, -0.05) is 50.1 Å². The van der Waals surface area contributed by atoms with E-state index < -0.39 is 0 Å². The van der Waals surface area contributed by atoms with Crippen molar-refractivity contribution < 1.29 is 9.59 Å². The maximum atomic E-state index is 12.3. The first-order chi connectivity index (χ1) is 26.2. The van der Waals surface area contributed by atoms with Crippen molar-refractivity contribution in [3.63, 3.8) is 0 Å². The fourth-order valence-electron chi connectivity index (χ4n) is 6.99. The van der Waals surface area contributed by atoms with Crippen molar-refractivity contribution in [2.75, 3.05) is 86.9 Å². The van der Waals surface area contributed by atoms with Gasteiger partial charge < -0.3 is 40.9 Å². The molecule has 0 atom stereocenters. The molecule has 2 fully saturated rings. The second-order valence-electron chi connectivity index (χ2n) is 14.0. The number of piperazine rings is 2. The van der Waals surface area contributed by atoms with Crippen LogP contribution in [0, 0.1) is 0 Å². The largest absolute Gasteiger partial charge is 0.369 e. The lowest BCUT2D eigenvalue weighted by atomic mass is 9.96. The molecule has 4 aliphatic rings. The average Bonchev–Trinajstić information content (AvgIpc) is 3.19. The van der Waals surface area contributed by atoms with Crippen molar-refractivity contribution in [1.29, 1.82) is 0 Å². The number of halogens is 2. The van der Waals surface area contributed by atoms with Gasteiger partial charge >= 0.3 is 0 Å². The van der Waals surface area contributed by atoms with E-state index in [9.17, 15) is 9.59 Å². The Hall–Kier alpha value is -4.62. The van der Waals surface area contributed by atoms with E-state index >= 15 is 0 Å². The molecule has 4 heterocycles. The highest BCUT2D eigenvalue weighted by Crippen LogP contribution is 2.31. The zero-order chi connectivity index (χ0) is 37.6. The van der Waals surface area contributed by atoms with Crippen LogP contribution >= 0.6 is 31.9 Å². The van der Waals surface area contributed by atoms with Gasteiger partial charge in [0.05, 0.1) is 11.1 Å². The summed E-state index contributed by atoms with van der Waals surface area (Å²) in [5.74, 6) is -0.107. The summed E-state index contributed by atoms with van der Waals surface area (Å²) in [7, 11) is 4.33. The number of likely N-dealkylation sites (N-methyl/N-ethyl adjacent to an activating group) is 2. The van der Waals surface area contributed by atoms with Gasteiger partial charge in [0, 0.05) is 110 Å². The van der Waals surface area contributed by atoms with Gasteiger partial charge in [0.25, 0.3) is 11.8 Å². The minimum atomic E-state index is -0.0536. The number of nitrogens with zero attached hydrogens (tertiary/aromatic N) is 4. The monoisotopic (exact) mass is 852 g/mol. The number of hydrogen-bond acceptors (Lipinski definition) is 8. The molecule has 0 bridgehead atoms. The number of carbonyl (C=O) groups is 2. The van der Waals surface area contributed by atoms with Gasteiger partial charge in [0.15, 0.2) is 0 Å². The topological polar surface area (TPSA) is 95.2 Å². The van der Waals surface area contributed by atoms with Gasteiger partial charge in [0.2, 0.25) is 0 Å². The molecule has 10 nitrogen and oxygen atoms in total. The lowest BCUT2D eigenvalue weighted by Gasteiger charge is -2.34. The molecular formula is C42H46Br2N8O2. The highest BCUT2D eigenvalue weighted by molar-refractivity contribution is 9.10. The molecule has 0 radical (unpaired) electrons. The second kappa shape index (κ2) is 17.2. The van der Waals surface area contributed by atoms with Crippen LogP contribution in [0.15, 0.2) is 106 Å². The number of rotatable bonds is 6. The summed E-state index contributed by atoms with van der Waals surface area (Å²) in [5.41, 5.74) is 9.89. The highest BCUT2D eigenvalue weighted by Gasteiger charge is 2.23. The van der Waals surface area contributed by atoms with Crippen LogP contribution in [0.3, 0.4) is 0 Å². The summed E-state index contributed by atoms with van der Waals surface area (Å²) in [4.78, 5) is 34.2. The molecule has 12 heteroatoms. The molecule has 4 aromatic carbocycles. The molecule has 4 aliphatic heterocycles. The molecule has 0 aromatic heterocycles. The van der Waals surface area contributed by atoms with Crippen molar-refractivity contribution in [3.8, 4) is 0 Å². The average molecular weight is 855 g/mol. The Labute approximate surface area is 334 Å². The zero-order valence-corrected chi connectivity index (χ0v) is 33.8. The van der Waals surface area contributed by atoms with Crippen LogP contribution in [0.2, 0.25) is 0 Å². The lowest BCUT2D eigenvalue weighted by molar-refractivity contribution is -0.116. The molecule has 0 spiro atoms. The van der Waals surface area contributed by atoms with Crippen LogP contribution in [0.4, 0.5) is 22.7 Å². The predicted octanol–water partition coefficient (Wildman–Crippen LogP) is 6.57. The fraction of sp³-hybridized carbons (Fsp3) is 0.286. The van der Waals surface area contributed by atoms with Crippen molar-refractivity contribution in [3.05, 3.63) is 129 Å². The van der Waals surface area contributed by atoms with Crippen LogP contribution in [0.25, 0.3) is 11.1 Å². The summed E-state index contributed by atoms with van der Waals surface area (Å²) in [6.07, 6.45) is 3.59. The van der Waals surface area contributed by atoms with Gasteiger partial charge in [0.1, 0.15) is 0 Å². The van der Waals surface area contributed by atoms with Crippen molar-refractivity contribution in [2.45, 2.75) is 13.1 Å². The summed E-state index contributed by atoms with van der Waals surface area (Å²) >= 11 is 7.06. The van der Waals surface area contributed by atoms with Crippen molar-refractivity contribution >= 4 is 77.6 Å².